The molecule has 1 rings (SSSR count). The van der Waals surface area contributed by atoms with E-state index in [4.69, 9.17) is 0 Å². The Bertz CT molecular complexity index is 90.4. The topological polar surface area (TPSA) is 12.0 Å². The van der Waals surface area contributed by atoms with Crippen molar-refractivity contribution in [1.82, 2.24) is 5.32 Å². The number of halogens is 2. The molecule has 1 heterocycles. The van der Waals surface area contributed by atoms with E-state index in [0.29, 0.717) is 6.54 Å². The third-order valence-corrected chi connectivity index (χ3v) is 1.57. The van der Waals surface area contributed by atoms with Crippen LogP contribution in [0.5, 0.6) is 0 Å². The second kappa shape index (κ2) is 1.65. The fourth-order valence-corrected chi connectivity index (χ4v) is 0.743. The highest BCUT2D eigenvalue weighted by Crippen LogP contribution is 2.22. The van der Waals surface area contributed by atoms with Crippen LogP contribution in [0.1, 0.15) is 6.92 Å². The second-order valence-corrected chi connectivity index (χ2v) is 2.37. The van der Waals surface area contributed by atoms with E-state index in [1.807, 2.05) is 0 Å². The lowest BCUT2D eigenvalue weighted by Gasteiger charge is -2.39. The fraction of sp³-hybridized carbons (Fsp3) is 1.00. The molecule has 0 aliphatic carbocycles. The van der Waals surface area contributed by atoms with Gasteiger partial charge in [0.2, 0.25) is 0 Å². The highest BCUT2D eigenvalue weighted by atomic mass is 19.1. The third kappa shape index (κ3) is 0.708. The summed E-state index contributed by atoms with van der Waals surface area (Å²) in [6.45, 7) is 1.10. The van der Waals surface area contributed by atoms with Crippen LogP contribution in [0.25, 0.3) is 0 Å². The molecule has 2 unspecified atom stereocenters. The van der Waals surface area contributed by atoms with Gasteiger partial charge in [-0.15, -0.1) is 0 Å². The molecule has 48 valence electrons. The minimum absolute atomic E-state index is 0.293. The summed E-state index contributed by atoms with van der Waals surface area (Å²) in [5.41, 5.74) is -1.30. The van der Waals surface area contributed by atoms with Crippen molar-refractivity contribution in [2.75, 3.05) is 13.2 Å². The molecule has 1 N–H and O–H groups in total. The Labute approximate surface area is 47.1 Å². The quantitative estimate of drug-likeness (QED) is 0.537. The summed E-state index contributed by atoms with van der Waals surface area (Å²) in [5, 5.41) is 2.64. The molecule has 2 atom stereocenters. The van der Waals surface area contributed by atoms with Gasteiger partial charge in [0.1, 0.15) is 12.3 Å². The van der Waals surface area contributed by atoms with E-state index in [0.717, 1.165) is 0 Å². The lowest BCUT2D eigenvalue weighted by Crippen LogP contribution is -2.64. The molecule has 0 aromatic carbocycles. The van der Waals surface area contributed by atoms with Crippen LogP contribution in [0.15, 0.2) is 0 Å². The largest absolute Gasteiger partial charge is 0.305 e. The van der Waals surface area contributed by atoms with Gasteiger partial charge in [-0.1, -0.05) is 0 Å². The maximum Gasteiger partial charge on any atom is 0.138 e. The first-order valence-corrected chi connectivity index (χ1v) is 2.65. The van der Waals surface area contributed by atoms with Crippen LogP contribution in [0.3, 0.4) is 0 Å². The Morgan fingerprint density at radius 1 is 1.88 bits per heavy atom. The van der Waals surface area contributed by atoms with Crippen molar-refractivity contribution in [2.45, 2.75) is 18.6 Å². The summed E-state index contributed by atoms with van der Waals surface area (Å²) in [7, 11) is 0. The highest BCUT2D eigenvalue weighted by molar-refractivity contribution is 4.99. The summed E-state index contributed by atoms with van der Waals surface area (Å²) < 4.78 is 24.2. The molecule has 1 fully saturated rings. The Kier molecular flexibility index (Phi) is 1.23. The van der Waals surface area contributed by atoms with Gasteiger partial charge in [-0.3, -0.25) is 0 Å². The van der Waals surface area contributed by atoms with Crippen LogP contribution < -0.4 is 5.32 Å². The number of alkyl halides is 2. The van der Waals surface area contributed by atoms with E-state index in [2.05, 4.69) is 5.32 Å². The predicted octanol–water partition coefficient (Wildman–Crippen LogP) is 0.656. The van der Waals surface area contributed by atoms with Gasteiger partial charge in [0.15, 0.2) is 0 Å². The van der Waals surface area contributed by atoms with Gasteiger partial charge < -0.3 is 5.32 Å². The number of hydrogen-bond acceptors (Lipinski definition) is 1. The van der Waals surface area contributed by atoms with Gasteiger partial charge in [0.05, 0.1) is 6.04 Å². The predicted molar refractivity (Wildman–Crippen MR) is 27.3 cm³/mol. The summed E-state index contributed by atoms with van der Waals surface area (Å²) in [6, 6.07) is -0.553. The molecule has 1 aliphatic heterocycles. The maximum absolute atomic E-state index is 12.6. The molecule has 3 heteroatoms. The summed E-state index contributed by atoms with van der Waals surface area (Å²) in [4.78, 5) is 0. The summed E-state index contributed by atoms with van der Waals surface area (Å²) in [6.07, 6.45) is 0. The molecule has 0 amide bonds. The average molecular weight is 121 g/mol. The zero-order chi connectivity index (χ0) is 6.20. The van der Waals surface area contributed by atoms with Crippen LogP contribution in [-0.2, 0) is 0 Å². The lowest BCUT2D eigenvalue weighted by molar-refractivity contribution is 0.0327. The van der Waals surface area contributed by atoms with Crippen molar-refractivity contribution >= 4 is 0 Å². The third-order valence-electron chi connectivity index (χ3n) is 1.57. The Morgan fingerprint density at radius 3 is 2.50 bits per heavy atom. The molecule has 0 saturated carbocycles. The van der Waals surface area contributed by atoms with Crippen molar-refractivity contribution < 1.29 is 8.78 Å². The molecule has 1 nitrogen and oxygen atoms in total. The van der Waals surface area contributed by atoms with Gasteiger partial charge in [-0.2, -0.15) is 0 Å². The first-order chi connectivity index (χ1) is 3.67. The first-order valence-electron chi connectivity index (χ1n) is 2.65. The molecular formula is C5H9F2N. The smallest absolute Gasteiger partial charge is 0.138 e. The zero-order valence-electron chi connectivity index (χ0n) is 4.75. The van der Waals surface area contributed by atoms with Gasteiger partial charge in [-0.25, -0.2) is 8.78 Å². The Hall–Kier alpha value is -0.180. The summed E-state index contributed by atoms with van der Waals surface area (Å²) >= 11 is 0. The normalized spacial score (nSPS) is 46.1. The minimum Gasteiger partial charge on any atom is -0.305 e. The van der Waals surface area contributed by atoms with E-state index in [-0.39, 0.29) is 0 Å². The van der Waals surface area contributed by atoms with Crippen LogP contribution in [0, 0.1) is 0 Å². The van der Waals surface area contributed by atoms with Gasteiger partial charge in [0, 0.05) is 6.54 Å². The van der Waals surface area contributed by atoms with Gasteiger partial charge in [-0.05, 0) is 6.92 Å². The van der Waals surface area contributed by atoms with Crippen LogP contribution >= 0.6 is 0 Å². The molecule has 1 saturated heterocycles. The average Bonchev–Trinajstić information content (AvgIpc) is 1.66. The van der Waals surface area contributed by atoms with E-state index >= 15 is 0 Å². The number of hydrogen-bond donors (Lipinski definition) is 1. The monoisotopic (exact) mass is 121 g/mol. The summed E-state index contributed by atoms with van der Waals surface area (Å²) in [5.74, 6) is 0. The lowest BCUT2D eigenvalue weighted by atomic mass is 9.91. The standard InChI is InChI=1S/C5H9F2N/c1-5(7)3-8-4(5)2-6/h4,8H,2-3H2,1H3. The first kappa shape index (κ1) is 5.95. The van der Waals surface area contributed by atoms with Crippen LogP contribution in [0.4, 0.5) is 8.78 Å². The second-order valence-electron chi connectivity index (χ2n) is 2.37. The zero-order valence-corrected chi connectivity index (χ0v) is 4.75. The molecule has 0 aromatic rings. The number of nitrogens with one attached hydrogen (secondary N) is 1. The maximum atomic E-state index is 12.6. The minimum atomic E-state index is -1.30. The van der Waals surface area contributed by atoms with E-state index in [1.54, 1.807) is 0 Å². The van der Waals surface area contributed by atoms with Crippen molar-refractivity contribution in [3.8, 4) is 0 Å². The molecule has 0 aromatic heterocycles. The molecule has 1 aliphatic rings. The van der Waals surface area contributed by atoms with E-state index in [9.17, 15) is 8.78 Å². The van der Waals surface area contributed by atoms with E-state index in [1.165, 1.54) is 6.92 Å². The Balaban J connectivity index is 2.37. The molecule has 8 heavy (non-hydrogen) atoms. The fourth-order valence-electron chi connectivity index (χ4n) is 0.743. The number of rotatable bonds is 1. The van der Waals surface area contributed by atoms with Gasteiger partial charge >= 0.3 is 0 Å². The van der Waals surface area contributed by atoms with Crippen molar-refractivity contribution in [3.63, 3.8) is 0 Å². The van der Waals surface area contributed by atoms with Crippen molar-refractivity contribution in [2.24, 2.45) is 0 Å². The van der Waals surface area contributed by atoms with Crippen LogP contribution in [0.2, 0.25) is 0 Å². The van der Waals surface area contributed by atoms with E-state index < -0.39 is 18.4 Å². The van der Waals surface area contributed by atoms with Gasteiger partial charge in [0.25, 0.3) is 0 Å². The Morgan fingerprint density at radius 2 is 2.50 bits per heavy atom. The molecule has 0 radical (unpaired) electrons. The molecule has 0 bridgehead atoms. The van der Waals surface area contributed by atoms with Crippen LogP contribution in [-0.4, -0.2) is 24.9 Å². The molecule has 0 spiro atoms. The molecular weight excluding hydrogens is 112 g/mol. The SMILES string of the molecule is CC1(F)CNC1CF. The highest BCUT2D eigenvalue weighted by Gasteiger charge is 2.42. The van der Waals surface area contributed by atoms with Crippen molar-refractivity contribution in [1.29, 1.82) is 0 Å². The van der Waals surface area contributed by atoms with Crippen molar-refractivity contribution in [3.05, 3.63) is 0 Å².